The van der Waals surface area contributed by atoms with E-state index in [1.54, 1.807) is 24.5 Å². The van der Waals surface area contributed by atoms with Crippen LogP contribution in [0.5, 0.6) is 5.75 Å². The smallest absolute Gasteiger partial charge is 0.323 e. The number of hydrogen-bond donors (Lipinski definition) is 2. The Hall–Kier alpha value is -2.34. The molecule has 0 saturated carbocycles. The number of carbonyl (C=O) groups excluding carboxylic acids is 1. The Labute approximate surface area is 138 Å². The lowest BCUT2D eigenvalue weighted by molar-refractivity contribution is 0.262. The minimum absolute atomic E-state index is 0.354. The lowest BCUT2D eigenvalue weighted by Gasteiger charge is -2.12. The van der Waals surface area contributed by atoms with Crippen molar-refractivity contribution < 1.29 is 13.7 Å². The van der Waals surface area contributed by atoms with E-state index in [-0.39, 0.29) is 6.03 Å². The highest BCUT2D eigenvalue weighted by molar-refractivity contribution is 7.83. The van der Waals surface area contributed by atoms with Crippen LogP contribution in [0.15, 0.2) is 48.5 Å². The van der Waals surface area contributed by atoms with Crippen molar-refractivity contribution >= 4 is 28.2 Å². The molecule has 0 radical (unpaired) electrons. The highest BCUT2D eigenvalue weighted by Crippen LogP contribution is 2.19. The van der Waals surface area contributed by atoms with Gasteiger partial charge in [-0.2, -0.15) is 0 Å². The molecule has 0 aromatic heterocycles. The molecule has 5 nitrogen and oxygen atoms in total. The van der Waals surface area contributed by atoms with Gasteiger partial charge in [-0.3, -0.25) is 4.21 Å². The van der Waals surface area contributed by atoms with Gasteiger partial charge in [0.15, 0.2) is 0 Å². The molecule has 0 unspecified atom stereocenters. The molecule has 2 N–H and O–H groups in total. The quantitative estimate of drug-likeness (QED) is 0.849. The first-order chi connectivity index (χ1) is 11.1. The van der Waals surface area contributed by atoms with Crippen LogP contribution in [0.2, 0.25) is 0 Å². The molecule has 2 aromatic rings. The van der Waals surface area contributed by atoms with Crippen molar-refractivity contribution in [2.75, 3.05) is 23.5 Å². The van der Waals surface area contributed by atoms with Crippen LogP contribution in [0.3, 0.4) is 0 Å². The zero-order valence-electron chi connectivity index (χ0n) is 13.2. The maximum Gasteiger partial charge on any atom is 0.323 e. The van der Waals surface area contributed by atoms with E-state index in [4.69, 9.17) is 4.74 Å². The van der Waals surface area contributed by atoms with Crippen LogP contribution in [-0.2, 0) is 16.6 Å². The topological polar surface area (TPSA) is 67.4 Å². The SMILES string of the molecule is CCOc1cccc(NC(=O)Nc2ccccc2C[S@@](C)=O)c1. The number of benzene rings is 2. The number of rotatable bonds is 6. The van der Waals surface area contributed by atoms with Crippen molar-refractivity contribution in [1.29, 1.82) is 0 Å². The molecule has 6 heteroatoms. The lowest BCUT2D eigenvalue weighted by Crippen LogP contribution is -2.20. The fraction of sp³-hybridized carbons (Fsp3) is 0.235. The van der Waals surface area contributed by atoms with Gasteiger partial charge in [0.05, 0.1) is 12.4 Å². The van der Waals surface area contributed by atoms with E-state index in [1.165, 1.54) is 0 Å². The molecule has 0 fully saturated rings. The highest BCUT2D eigenvalue weighted by Gasteiger charge is 2.08. The summed E-state index contributed by atoms with van der Waals surface area (Å²) in [5, 5.41) is 5.55. The number of anilines is 2. The highest BCUT2D eigenvalue weighted by atomic mass is 32.2. The van der Waals surface area contributed by atoms with E-state index in [0.29, 0.717) is 29.5 Å². The molecular weight excluding hydrogens is 312 g/mol. The minimum Gasteiger partial charge on any atom is -0.494 e. The number of para-hydroxylation sites is 1. The van der Waals surface area contributed by atoms with E-state index < -0.39 is 10.8 Å². The number of nitrogens with one attached hydrogen (secondary N) is 2. The van der Waals surface area contributed by atoms with Crippen LogP contribution in [0, 0.1) is 0 Å². The molecule has 2 amide bonds. The summed E-state index contributed by atoms with van der Waals surface area (Å²) in [6, 6.07) is 14.2. The number of urea groups is 1. The second-order valence-electron chi connectivity index (χ2n) is 4.91. The molecule has 0 saturated heterocycles. The molecule has 2 aromatic carbocycles. The van der Waals surface area contributed by atoms with Gasteiger partial charge >= 0.3 is 6.03 Å². The average Bonchev–Trinajstić information content (AvgIpc) is 2.49. The Morgan fingerprint density at radius 1 is 1.13 bits per heavy atom. The van der Waals surface area contributed by atoms with Gasteiger partial charge < -0.3 is 15.4 Å². The summed E-state index contributed by atoms with van der Waals surface area (Å²) in [6.07, 6.45) is 1.63. The largest absolute Gasteiger partial charge is 0.494 e. The van der Waals surface area contributed by atoms with Gasteiger partial charge in [0, 0.05) is 34.5 Å². The van der Waals surface area contributed by atoms with Crippen molar-refractivity contribution in [3.05, 3.63) is 54.1 Å². The molecule has 1 atom stereocenters. The molecule has 23 heavy (non-hydrogen) atoms. The van der Waals surface area contributed by atoms with Crippen LogP contribution in [0.1, 0.15) is 12.5 Å². The summed E-state index contributed by atoms with van der Waals surface area (Å²) < 4.78 is 16.8. The summed E-state index contributed by atoms with van der Waals surface area (Å²) in [6.45, 7) is 2.47. The predicted molar refractivity (Wildman–Crippen MR) is 94.5 cm³/mol. The molecule has 122 valence electrons. The maximum atomic E-state index is 12.2. The van der Waals surface area contributed by atoms with Crippen molar-refractivity contribution in [2.45, 2.75) is 12.7 Å². The lowest BCUT2D eigenvalue weighted by atomic mass is 10.2. The summed E-state index contributed by atoms with van der Waals surface area (Å²) in [7, 11) is -0.973. The second kappa shape index (κ2) is 8.33. The molecule has 0 bridgehead atoms. The monoisotopic (exact) mass is 332 g/mol. The Kier molecular flexibility index (Phi) is 6.17. The van der Waals surface area contributed by atoms with Crippen LogP contribution >= 0.6 is 0 Å². The van der Waals surface area contributed by atoms with E-state index >= 15 is 0 Å². The number of amides is 2. The van der Waals surface area contributed by atoms with Crippen molar-refractivity contribution in [3.8, 4) is 5.75 Å². The molecule has 0 spiro atoms. The Bertz CT molecular complexity index is 704. The fourth-order valence-electron chi connectivity index (χ4n) is 2.10. The summed E-state index contributed by atoms with van der Waals surface area (Å²) in [5.74, 6) is 1.10. The number of ether oxygens (including phenoxy) is 1. The zero-order chi connectivity index (χ0) is 16.7. The first-order valence-electron chi connectivity index (χ1n) is 7.27. The number of hydrogen-bond acceptors (Lipinski definition) is 3. The Balaban J connectivity index is 2.05. The van der Waals surface area contributed by atoms with E-state index in [9.17, 15) is 9.00 Å². The molecule has 0 aliphatic carbocycles. The second-order valence-corrected chi connectivity index (χ2v) is 6.35. The number of carbonyl (C=O) groups is 1. The normalized spacial score (nSPS) is 11.6. The summed E-state index contributed by atoms with van der Waals surface area (Å²) in [4.78, 5) is 12.2. The first kappa shape index (κ1) is 17.0. The van der Waals surface area contributed by atoms with Gasteiger partial charge in [0.2, 0.25) is 0 Å². The first-order valence-corrected chi connectivity index (χ1v) is 9.00. The van der Waals surface area contributed by atoms with E-state index in [0.717, 1.165) is 5.56 Å². The van der Waals surface area contributed by atoms with Crippen LogP contribution < -0.4 is 15.4 Å². The van der Waals surface area contributed by atoms with Crippen LogP contribution in [0.25, 0.3) is 0 Å². The van der Waals surface area contributed by atoms with Gasteiger partial charge in [-0.15, -0.1) is 0 Å². The Morgan fingerprint density at radius 2 is 1.91 bits per heavy atom. The zero-order valence-corrected chi connectivity index (χ0v) is 14.0. The molecule has 0 aliphatic heterocycles. The Morgan fingerprint density at radius 3 is 2.65 bits per heavy atom. The average molecular weight is 332 g/mol. The van der Waals surface area contributed by atoms with Crippen molar-refractivity contribution in [2.24, 2.45) is 0 Å². The third kappa shape index (κ3) is 5.41. The minimum atomic E-state index is -0.973. The standard InChI is InChI=1S/C17H20N2O3S/c1-3-22-15-9-6-8-14(11-15)18-17(20)19-16-10-5-4-7-13(16)12-23(2)21/h4-11H,3,12H2,1-2H3,(H2,18,19,20)/t23-/m1/s1. The van der Waals surface area contributed by atoms with Gasteiger partial charge in [-0.05, 0) is 30.7 Å². The molecule has 0 aliphatic rings. The van der Waals surface area contributed by atoms with Gasteiger partial charge in [0.25, 0.3) is 0 Å². The molecule has 2 rings (SSSR count). The third-order valence-electron chi connectivity index (χ3n) is 3.03. The van der Waals surface area contributed by atoms with Gasteiger partial charge in [0.1, 0.15) is 5.75 Å². The molecule has 0 heterocycles. The summed E-state index contributed by atoms with van der Waals surface area (Å²) >= 11 is 0. The van der Waals surface area contributed by atoms with Gasteiger partial charge in [-0.1, -0.05) is 24.3 Å². The fourth-order valence-corrected chi connectivity index (χ4v) is 2.79. The summed E-state index contributed by atoms with van der Waals surface area (Å²) in [5.41, 5.74) is 2.14. The van der Waals surface area contributed by atoms with Crippen molar-refractivity contribution in [3.63, 3.8) is 0 Å². The van der Waals surface area contributed by atoms with Gasteiger partial charge in [-0.25, -0.2) is 4.79 Å². The molecular formula is C17H20N2O3S. The third-order valence-corrected chi connectivity index (χ3v) is 3.74. The van der Waals surface area contributed by atoms with E-state index in [1.807, 2.05) is 37.3 Å². The van der Waals surface area contributed by atoms with Crippen LogP contribution in [0.4, 0.5) is 16.2 Å². The van der Waals surface area contributed by atoms with Crippen molar-refractivity contribution in [1.82, 2.24) is 0 Å². The maximum absolute atomic E-state index is 12.2. The van der Waals surface area contributed by atoms with Crippen LogP contribution in [-0.4, -0.2) is 23.1 Å². The predicted octanol–water partition coefficient (Wildman–Crippen LogP) is 3.61. The van der Waals surface area contributed by atoms with E-state index in [2.05, 4.69) is 10.6 Å².